The van der Waals surface area contributed by atoms with Crippen LogP contribution < -0.4 is 5.73 Å². The smallest absolute Gasteiger partial charge is 0.123 e. The van der Waals surface area contributed by atoms with Crippen molar-refractivity contribution < 1.29 is 0 Å². The summed E-state index contributed by atoms with van der Waals surface area (Å²) in [7, 11) is 0. The number of nitrogens with zero attached hydrogens (tertiary/aromatic N) is 1. The highest BCUT2D eigenvalue weighted by molar-refractivity contribution is 9.10. The van der Waals surface area contributed by atoms with Crippen LogP contribution in [0, 0.1) is 5.92 Å². The van der Waals surface area contributed by atoms with Gasteiger partial charge in [-0.2, -0.15) is 0 Å². The molecule has 0 spiro atoms. The molecule has 2 aromatic rings. The molecule has 1 aliphatic carbocycles. The molecule has 1 aliphatic rings. The normalized spacial score (nSPS) is 18.7. The van der Waals surface area contributed by atoms with Gasteiger partial charge in [-0.1, -0.05) is 28.1 Å². The third kappa shape index (κ3) is 2.37. The van der Waals surface area contributed by atoms with E-state index in [0.717, 1.165) is 28.9 Å². The van der Waals surface area contributed by atoms with Gasteiger partial charge < -0.3 is 5.73 Å². The number of fused-ring (bicyclic) bond motifs is 1. The van der Waals surface area contributed by atoms with Crippen molar-refractivity contribution >= 4 is 27.3 Å². The van der Waals surface area contributed by atoms with E-state index >= 15 is 0 Å². The predicted octanol–water partition coefficient (Wildman–Crippen LogP) is 3.64. The van der Waals surface area contributed by atoms with E-state index in [1.54, 1.807) is 0 Å². The summed E-state index contributed by atoms with van der Waals surface area (Å²) < 4.78 is 1.10. The summed E-state index contributed by atoms with van der Waals surface area (Å²) in [5.41, 5.74) is 8.27. The summed E-state index contributed by atoms with van der Waals surface area (Å²) in [6.07, 6.45) is 3.38. The maximum atomic E-state index is 5.78. The van der Waals surface area contributed by atoms with Crippen molar-refractivity contribution in [3.63, 3.8) is 0 Å². The second-order valence-corrected chi connectivity index (χ2v) is 6.74. The summed E-state index contributed by atoms with van der Waals surface area (Å²) in [6.45, 7) is 0.795. The molecule has 3 rings (SSSR count). The zero-order valence-electron chi connectivity index (χ0n) is 10.0. The minimum absolute atomic E-state index is 0.647. The topological polar surface area (TPSA) is 38.9 Å². The second-order valence-electron chi connectivity index (χ2n) is 4.74. The van der Waals surface area contributed by atoms with Gasteiger partial charge in [-0.25, -0.2) is 4.98 Å². The van der Waals surface area contributed by atoms with Gasteiger partial charge in [-0.3, -0.25) is 0 Å². The van der Waals surface area contributed by atoms with Gasteiger partial charge in [0.1, 0.15) is 5.01 Å². The van der Waals surface area contributed by atoms with Gasteiger partial charge in [0.05, 0.1) is 5.69 Å². The van der Waals surface area contributed by atoms with E-state index in [4.69, 9.17) is 10.7 Å². The zero-order chi connectivity index (χ0) is 12.5. The minimum Gasteiger partial charge on any atom is -0.330 e. The molecule has 1 aromatic heterocycles. The number of nitrogens with two attached hydrogens (primary N) is 1. The average molecular weight is 323 g/mol. The van der Waals surface area contributed by atoms with Crippen molar-refractivity contribution in [2.75, 3.05) is 6.54 Å². The Morgan fingerprint density at radius 1 is 1.44 bits per heavy atom. The number of benzene rings is 1. The Bertz CT molecular complexity index is 565. The van der Waals surface area contributed by atoms with Crippen LogP contribution in [0.4, 0.5) is 0 Å². The van der Waals surface area contributed by atoms with Crippen molar-refractivity contribution in [2.45, 2.75) is 19.3 Å². The highest BCUT2D eigenvalue weighted by atomic mass is 79.9. The molecule has 18 heavy (non-hydrogen) atoms. The van der Waals surface area contributed by atoms with Crippen molar-refractivity contribution in [3.05, 3.63) is 39.3 Å². The number of hydrogen-bond donors (Lipinski definition) is 1. The molecule has 94 valence electrons. The highest BCUT2D eigenvalue weighted by Crippen LogP contribution is 2.34. The number of thiazole rings is 1. The quantitative estimate of drug-likeness (QED) is 0.916. The molecule has 1 aromatic carbocycles. The SMILES string of the molecule is NCC1CCc2nc(-c3cccc(Br)c3)sc2C1. The first kappa shape index (κ1) is 12.3. The second kappa shape index (κ2) is 5.11. The molecule has 0 saturated carbocycles. The molecule has 0 bridgehead atoms. The molecule has 4 heteroatoms. The summed E-state index contributed by atoms with van der Waals surface area (Å²) in [4.78, 5) is 6.22. The van der Waals surface area contributed by atoms with Gasteiger partial charge in [0, 0.05) is 14.9 Å². The fourth-order valence-corrected chi connectivity index (χ4v) is 4.01. The van der Waals surface area contributed by atoms with E-state index in [1.165, 1.54) is 22.6 Å². The largest absolute Gasteiger partial charge is 0.330 e. The number of rotatable bonds is 2. The molecule has 2 N–H and O–H groups in total. The average Bonchev–Trinajstić information content (AvgIpc) is 2.81. The standard InChI is InChI=1S/C14H15BrN2S/c15-11-3-1-2-10(7-11)14-17-12-5-4-9(8-16)6-13(12)18-14/h1-3,7,9H,4-6,8,16H2. The van der Waals surface area contributed by atoms with E-state index in [1.807, 2.05) is 17.4 Å². The molecule has 0 aliphatic heterocycles. The molecule has 1 unspecified atom stereocenters. The van der Waals surface area contributed by atoms with Crippen LogP contribution in [0.2, 0.25) is 0 Å². The molecule has 1 heterocycles. The minimum atomic E-state index is 0.647. The fraction of sp³-hybridized carbons (Fsp3) is 0.357. The van der Waals surface area contributed by atoms with Crippen LogP contribution in [-0.2, 0) is 12.8 Å². The first-order chi connectivity index (χ1) is 8.76. The van der Waals surface area contributed by atoms with Crippen LogP contribution in [-0.4, -0.2) is 11.5 Å². The van der Waals surface area contributed by atoms with E-state index in [-0.39, 0.29) is 0 Å². The van der Waals surface area contributed by atoms with Crippen molar-refractivity contribution in [2.24, 2.45) is 11.7 Å². The molecule has 0 radical (unpaired) electrons. The van der Waals surface area contributed by atoms with Crippen LogP contribution >= 0.6 is 27.3 Å². The Hall–Kier alpha value is -0.710. The zero-order valence-corrected chi connectivity index (χ0v) is 12.4. The Morgan fingerprint density at radius 2 is 2.33 bits per heavy atom. The lowest BCUT2D eigenvalue weighted by molar-refractivity contribution is 0.470. The molecule has 0 saturated heterocycles. The number of aromatic nitrogens is 1. The molecule has 0 fully saturated rings. The van der Waals surface area contributed by atoms with Crippen LogP contribution in [0.1, 0.15) is 17.0 Å². The van der Waals surface area contributed by atoms with Gasteiger partial charge in [-0.05, 0) is 43.9 Å². The van der Waals surface area contributed by atoms with Crippen molar-refractivity contribution in [1.29, 1.82) is 0 Å². The summed E-state index contributed by atoms with van der Waals surface area (Å²) >= 11 is 5.34. The van der Waals surface area contributed by atoms with Gasteiger partial charge in [0.2, 0.25) is 0 Å². The molecule has 1 atom stereocenters. The predicted molar refractivity (Wildman–Crippen MR) is 79.8 cm³/mol. The lowest BCUT2D eigenvalue weighted by atomic mass is 9.91. The summed E-state index contributed by atoms with van der Waals surface area (Å²) in [5, 5.41) is 1.14. The first-order valence-electron chi connectivity index (χ1n) is 6.21. The Kier molecular flexibility index (Phi) is 3.50. The van der Waals surface area contributed by atoms with Crippen LogP contribution in [0.5, 0.6) is 0 Å². The molecule has 0 amide bonds. The Balaban J connectivity index is 1.94. The van der Waals surface area contributed by atoms with E-state index in [9.17, 15) is 0 Å². The van der Waals surface area contributed by atoms with Crippen molar-refractivity contribution in [3.8, 4) is 10.6 Å². The maximum absolute atomic E-state index is 5.78. The van der Waals surface area contributed by atoms with E-state index in [0.29, 0.717) is 5.92 Å². The number of hydrogen-bond acceptors (Lipinski definition) is 3. The fourth-order valence-electron chi connectivity index (χ4n) is 2.39. The highest BCUT2D eigenvalue weighted by Gasteiger charge is 2.21. The first-order valence-corrected chi connectivity index (χ1v) is 7.82. The number of halogens is 1. The van der Waals surface area contributed by atoms with E-state index < -0.39 is 0 Å². The van der Waals surface area contributed by atoms with Gasteiger partial charge >= 0.3 is 0 Å². The lowest BCUT2D eigenvalue weighted by Gasteiger charge is -2.18. The molecular formula is C14H15BrN2S. The maximum Gasteiger partial charge on any atom is 0.123 e. The van der Waals surface area contributed by atoms with Gasteiger partial charge in [0.25, 0.3) is 0 Å². The van der Waals surface area contributed by atoms with Crippen molar-refractivity contribution in [1.82, 2.24) is 4.98 Å². The third-order valence-electron chi connectivity index (χ3n) is 3.45. The van der Waals surface area contributed by atoms with Crippen LogP contribution in [0.15, 0.2) is 28.7 Å². The van der Waals surface area contributed by atoms with E-state index in [2.05, 4.69) is 34.1 Å². The summed E-state index contributed by atoms with van der Waals surface area (Å²) in [6, 6.07) is 8.35. The van der Waals surface area contributed by atoms with Gasteiger partial charge in [-0.15, -0.1) is 11.3 Å². The monoisotopic (exact) mass is 322 g/mol. The Morgan fingerprint density at radius 3 is 3.11 bits per heavy atom. The Labute approximate surface area is 119 Å². The van der Waals surface area contributed by atoms with Gasteiger partial charge in [0.15, 0.2) is 0 Å². The van der Waals surface area contributed by atoms with Crippen LogP contribution in [0.3, 0.4) is 0 Å². The third-order valence-corrected chi connectivity index (χ3v) is 5.11. The molecular weight excluding hydrogens is 308 g/mol. The number of aryl methyl sites for hydroxylation is 1. The molecule has 2 nitrogen and oxygen atoms in total. The lowest BCUT2D eigenvalue weighted by Crippen LogP contribution is -2.21. The summed E-state index contributed by atoms with van der Waals surface area (Å²) in [5.74, 6) is 0.647. The van der Waals surface area contributed by atoms with Crippen LogP contribution in [0.25, 0.3) is 10.6 Å².